The molecular formula is C16H26N2O3. The summed E-state index contributed by atoms with van der Waals surface area (Å²) < 4.78 is 5.30. The normalized spacial score (nSPS) is 24.0. The molecule has 1 aliphatic heterocycles. The lowest BCUT2D eigenvalue weighted by molar-refractivity contribution is -0.117. The van der Waals surface area contributed by atoms with E-state index < -0.39 is 0 Å². The predicted molar refractivity (Wildman–Crippen MR) is 82.9 cm³/mol. The topological polar surface area (TPSA) is 62.1 Å². The van der Waals surface area contributed by atoms with Crippen molar-refractivity contribution in [1.29, 1.82) is 0 Å². The molecule has 0 saturated carbocycles. The lowest BCUT2D eigenvalue weighted by Crippen LogP contribution is -2.37. The van der Waals surface area contributed by atoms with Gasteiger partial charge in [0.25, 0.3) is 0 Å². The maximum Gasteiger partial charge on any atom is 0.168 e. The zero-order valence-electron chi connectivity index (χ0n) is 13.1. The van der Waals surface area contributed by atoms with Gasteiger partial charge >= 0.3 is 0 Å². The smallest absolute Gasteiger partial charge is 0.168 e. The molecular weight excluding hydrogens is 268 g/mol. The van der Waals surface area contributed by atoms with E-state index in [0.29, 0.717) is 25.0 Å². The third kappa shape index (κ3) is 4.93. The number of carbonyl (C=O) groups excluding carboxylic acids is 1. The molecule has 1 fully saturated rings. The van der Waals surface area contributed by atoms with E-state index in [1.807, 2.05) is 13.8 Å². The summed E-state index contributed by atoms with van der Waals surface area (Å²) >= 11 is 0. The molecule has 0 radical (unpaired) electrons. The minimum Gasteiger partial charge on any atom is -0.511 e. The monoisotopic (exact) mass is 294 g/mol. The van der Waals surface area contributed by atoms with E-state index in [0.717, 1.165) is 39.3 Å². The van der Waals surface area contributed by atoms with Gasteiger partial charge in [0, 0.05) is 45.2 Å². The van der Waals surface area contributed by atoms with E-state index in [4.69, 9.17) is 4.74 Å². The molecule has 1 saturated heterocycles. The Morgan fingerprint density at radius 3 is 2.71 bits per heavy atom. The number of nitrogens with zero attached hydrogens (tertiary/aromatic N) is 2. The number of ether oxygens (including phenoxy) is 1. The third-order valence-electron chi connectivity index (χ3n) is 3.98. The number of hydrogen-bond acceptors (Lipinski definition) is 5. The molecule has 0 atom stereocenters. The molecule has 0 aromatic heterocycles. The maximum absolute atomic E-state index is 12.0. The Kier molecular flexibility index (Phi) is 5.53. The minimum atomic E-state index is -0.144. The first-order chi connectivity index (χ1) is 9.98. The molecule has 1 N–H and O–H groups in total. The van der Waals surface area contributed by atoms with E-state index in [1.54, 1.807) is 6.21 Å². The summed E-state index contributed by atoms with van der Waals surface area (Å²) in [5.41, 5.74) is 0.259. The zero-order chi connectivity index (χ0) is 15.3. The van der Waals surface area contributed by atoms with Gasteiger partial charge < -0.3 is 9.84 Å². The van der Waals surface area contributed by atoms with E-state index in [2.05, 4.69) is 9.89 Å². The van der Waals surface area contributed by atoms with E-state index >= 15 is 0 Å². The van der Waals surface area contributed by atoms with Gasteiger partial charge in [0.15, 0.2) is 5.78 Å². The molecule has 1 aliphatic carbocycles. The highest BCUT2D eigenvalue weighted by molar-refractivity contribution is 6.14. The summed E-state index contributed by atoms with van der Waals surface area (Å²) in [5, 5.41) is 9.98. The summed E-state index contributed by atoms with van der Waals surface area (Å²) in [6.07, 6.45) is 3.55. The van der Waals surface area contributed by atoms with Gasteiger partial charge in [-0.1, -0.05) is 13.8 Å². The summed E-state index contributed by atoms with van der Waals surface area (Å²) in [5.74, 6) is 0.189. The van der Waals surface area contributed by atoms with Crippen LogP contribution in [0.4, 0.5) is 0 Å². The van der Waals surface area contributed by atoms with Crippen molar-refractivity contribution in [3.8, 4) is 0 Å². The summed E-state index contributed by atoms with van der Waals surface area (Å²) in [6, 6.07) is 0. The Morgan fingerprint density at radius 1 is 1.33 bits per heavy atom. The second-order valence-corrected chi connectivity index (χ2v) is 6.64. The van der Waals surface area contributed by atoms with Gasteiger partial charge in [-0.15, -0.1) is 0 Å². The lowest BCUT2D eigenvalue weighted by Gasteiger charge is -2.28. The summed E-state index contributed by atoms with van der Waals surface area (Å²) in [4.78, 5) is 18.7. The maximum atomic E-state index is 12.0. The third-order valence-corrected chi connectivity index (χ3v) is 3.98. The fraction of sp³-hybridized carbons (Fsp3) is 0.750. The lowest BCUT2D eigenvalue weighted by atomic mass is 9.77. The molecule has 5 heteroatoms. The van der Waals surface area contributed by atoms with Crippen LogP contribution in [0.3, 0.4) is 0 Å². The molecule has 0 amide bonds. The molecule has 21 heavy (non-hydrogen) atoms. The molecule has 0 spiro atoms. The first-order valence-electron chi connectivity index (χ1n) is 7.73. The molecule has 0 aromatic rings. The summed E-state index contributed by atoms with van der Waals surface area (Å²) in [6.45, 7) is 9.29. The van der Waals surface area contributed by atoms with Gasteiger partial charge in [0.2, 0.25) is 0 Å². The summed E-state index contributed by atoms with van der Waals surface area (Å²) in [7, 11) is 0. The number of Topliss-reactive ketones (excluding diaryl/α,β-unsaturated/α-hetero) is 1. The van der Waals surface area contributed by atoms with Gasteiger partial charge in [-0.3, -0.25) is 14.7 Å². The Balaban J connectivity index is 1.77. The van der Waals surface area contributed by atoms with Gasteiger partial charge in [0.05, 0.1) is 18.8 Å². The number of rotatable bonds is 5. The van der Waals surface area contributed by atoms with Crippen molar-refractivity contribution in [2.75, 3.05) is 39.4 Å². The number of allylic oxidation sites excluding steroid dienone is 2. The van der Waals surface area contributed by atoms with E-state index in [9.17, 15) is 9.90 Å². The number of aliphatic hydroxyl groups is 1. The molecule has 118 valence electrons. The molecule has 0 unspecified atom stereocenters. The number of morpholine rings is 1. The van der Waals surface area contributed by atoms with Gasteiger partial charge in [-0.05, 0) is 11.8 Å². The second kappa shape index (κ2) is 7.18. The average Bonchev–Trinajstić information content (AvgIpc) is 2.41. The Labute approximate surface area is 126 Å². The average molecular weight is 294 g/mol. The zero-order valence-corrected chi connectivity index (χ0v) is 13.1. The van der Waals surface area contributed by atoms with Crippen LogP contribution >= 0.6 is 0 Å². The quantitative estimate of drug-likeness (QED) is 0.622. The molecule has 5 nitrogen and oxygen atoms in total. The Hall–Kier alpha value is -1.20. The van der Waals surface area contributed by atoms with Crippen molar-refractivity contribution < 1.29 is 14.6 Å². The van der Waals surface area contributed by atoms with Crippen LogP contribution < -0.4 is 0 Å². The predicted octanol–water partition coefficient (Wildman–Crippen LogP) is 1.98. The van der Waals surface area contributed by atoms with Crippen molar-refractivity contribution in [2.24, 2.45) is 10.4 Å². The van der Waals surface area contributed by atoms with Gasteiger partial charge in [0.1, 0.15) is 5.76 Å². The largest absolute Gasteiger partial charge is 0.511 e. The number of hydrogen-bond donors (Lipinski definition) is 1. The number of carbonyl (C=O) groups is 1. The van der Waals surface area contributed by atoms with E-state index in [-0.39, 0.29) is 17.0 Å². The van der Waals surface area contributed by atoms with Crippen LogP contribution in [0.15, 0.2) is 16.3 Å². The van der Waals surface area contributed by atoms with E-state index in [1.165, 1.54) is 0 Å². The van der Waals surface area contributed by atoms with Crippen molar-refractivity contribution in [3.05, 3.63) is 11.3 Å². The highest BCUT2D eigenvalue weighted by atomic mass is 16.5. The van der Waals surface area contributed by atoms with Crippen LogP contribution in [0.5, 0.6) is 0 Å². The number of aliphatic hydroxyl groups excluding tert-OH is 1. The Bertz CT molecular complexity index is 435. The highest BCUT2D eigenvalue weighted by Crippen LogP contribution is 2.35. The molecule has 0 bridgehead atoms. The highest BCUT2D eigenvalue weighted by Gasteiger charge is 2.32. The van der Waals surface area contributed by atoms with Gasteiger partial charge in [-0.2, -0.15) is 0 Å². The van der Waals surface area contributed by atoms with Crippen LogP contribution in [0.1, 0.15) is 33.1 Å². The standard InChI is InChI=1S/C16H26N2O3/c1-16(2)10-14(19)13(15(20)11-16)12-17-4-3-5-18-6-8-21-9-7-18/h12,19H,3-11H2,1-2H3. The fourth-order valence-electron chi connectivity index (χ4n) is 2.81. The van der Waals surface area contributed by atoms with Crippen molar-refractivity contribution in [3.63, 3.8) is 0 Å². The van der Waals surface area contributed by atoms with Crippen molar-refractivity contribution in [1.82, 2.24) is 4.90 Å². The van der Waals surface area contributed by atoms with Gasteiger partial charge in [-0.25, -0.2) is 0 Å². The number of ketones is 1. The van der Waals surface area contributed by atoms with Crippen LogP contribution in [-0.2, 0) is 9.53 Å². The van der Waals surface area contributed by atoms with Crippen LogP contribution in [0.2, 0.25) is 0 Å². The molecule has 2 aliphatic rings. The van der Waals surface area contributed by atoms with Crippen LogP contribution in [-0.4, -0.2) is 61.4 Å². The first-order valence-corrected chi connectivity index (χ1v) is 7.73. The number of aliphatic imine (C=N–C) groups is 1. The molecule has 1 heterocycles. The van der Waals surface area contributed by atoms with Crippen molar-refractivity contribution >= 4 is 12.0 Å². The molecule has 2 rings (SSSR count). The minimum absolute atomic E-state index is 0.000629. The van der Waals surface area contributed by atoms with Crippen molar-refractivity contribution in [2.45, 2.75) is 33.1 Å². The molecule has 0 aromatic carbocycles. The Morgan fingerprint density at radius 2 is 2.05 bits per heavy atom. The SMILES string of the molecule is CC1(C)CC(=O)C(C=NCCCN2CCOCC2)=C(O)C1. The first kappa shape index (κ1) is 16.2. The second-order valence-electron chi connectivity index (χ2n) is 6.64. The van der Waals surface area contributed by atoms with Crippen LogP contribution in [0, 0.1) is 5.41 Å². The fourth-order valence-corrected chi connectivity index (χ4v) is 2.81. The van der Waals surface area contributed by atoms with Crippen LogP contribution in [0.25, 0.3) is 0 Å².